The van der Waals surface area contributed by atoms with Crippen molar-refractivity contribution in [3.8, 4) is 17.2 Å². The molecule has 2 aromatic carbocycles. The molecule has 7 rings (SSSR count). The first-order valence-electron chi connectivity index (χ1n) is 15.6. The van der Waals surface area contributed by atoms with Crippen molar-refractivity contribution < 1.29 is 46.7 Å². The highest BCUT2D eigenvalue weighted by atomic mass is 32.2. The van der Waals surface area contributed by atoms with E-state index < -0.39 is 34.4 Å². The fourth-order valence-electron chi connectivity index (χ4n) is 6.46. The lowest BCUT2D eigenvalue weighted by molar-refractivity contribution is -0.0907. The van der Waals surface area contributed by atoms with Crippen LogP contribution in [0.1, 0.15) is 41.1 Å². The number of carbonyl (C=O) groups is 1. The summed E-state index contributed by atoms with van der Waals surface area (Å²) >= 11 is 1.56. The molecule has 0 saturated carbocycles. The fraction of sp³-hybridized carbons (Fsp3) is 0.500. The number of aliphatic hydroxyl groups excluding tert-OH is 1. The van der Waals surface area contributed by atoms with Crippen LogP contribution < -0.4 is 19.5 Å². The number of β-amino-alcohol motifs (C(OH)–C–C–N with tert-alkyl or cyclic N) is 1. The molecule has 0 aliphatic carbocycles. The quantitative estimate of drug-likeness (QED) is 0.323. The van der Waals surface area contributed by atoms with E-state index in [-0.39, 0.29) is 55.9 Å². The Morgan fingerprint density at radius 3 is 2.74 bits per heavy atom. The van der Waals surface area contributed by atoms with Crippen molar-refractivity contribution in [3.05, 3.63) is 63.6 Å². The Kier molecular flexibility index (Phi) is 9.02. The highest BCUT2D eigenvalue weighted by Crippen LogP contribution is 2.42. The van der Waals surface area contributed by atoms with Crippen molar-refractivity contribution >= 4 is 27.5 Å². The Morgan fingerprint density at radius 1 is 1.19 bits per heavy atom. The Balaban J connectivity index is 1.07. The lowest BCUT2D eigenvalue weighted by Gasteiger charge is -2.35. The second-order valence-electron chi connectivity index (χ2n) is 12.2. The number of thiazole rings is 1. The van der Waals surface area contributed by atoms with E-state index in [4.69, 9.17) is 28.4 Å². The van der Waals surface area contributed by atoms with Gasteiger partial charge in [-0.25, -0.2) is 18.2 Å². The summed E-state index contributed by atoms with van der Waals surface area (Å²) in [7, 11) is -3.99. The first-order chi connectivity index (χ1) is 22.6. The zero-order valence-electron chi connectivity index (χ0n) is 26.0. The normalized spacial score (nSPS) is 25.5. The summed E-state index contributed by atoms with van der Waals surface area (Å²) < 4.78 is 62.5. The Labute approximate surface area is 276 Å². The zero-order valence-corrected chi connectivity index (χ0v) is 27.6. The van der Waals surface area contributed by atoms with E-state index in [0.29, 0.717) is 36.0 Å². The smallest absolute Gasteiger partial charge is 0.407 e. The Bertz CT molecular complexity index is 1720. The molecule has 0 bridgehead atoms. The van der Waals surface area contributed by atoms with Crippen molar-refractivity contribution in [3.63, 3.8) is 0 Å². The third-order valence-electron chi connectivity index (χ3n) is 8.97. The van der Waals surface area contributed by atoms with Gasteiger partial charge in [-0.2, -0.15) is 4.31 Å². The summed E-state index contributed by atoms with van der Waals surface area (Å²) in [5.74, 6) is 1.30. The molecule has 1 amide bonds. The van der Waals surface area contributed by atoms with Gasteiger partial charge in [-0.3, -0.25) is 0 Å². The molecule has 6 unspecified atom stereocenters. The summed E-state index contributed by atoms with van der Waals surface area (Å²) in [4.78, 5) is 17.7. The van der Waals surface area contributed by atoms with Gasteiger partial charge in [0.25, 0.3) is 0 Å². The number of aliphatic hydroxyl groups is 1. The van der Waals surface area contributed by atoms with Crippen molar-refractivity contribution in [1.82, 2.24) is 14.6 Å². The maximum absolute atomic E-state index is 13.8. The predicted octanol–water partition coefficient (Wildman–Crippen LogP) is 3.33. The number of nitrogens with zero attached hydrogens (tertiary/aromatic N) is 2. The Morgan fingerprint density at radius 2 is 1.98 bits per heavy atom. The van der Waals surface area contributed by atoms with Gasteiger partial charge >= 0.3 is 6.09 Å². The highest BCUT2D eigenvalue weighted by molar-refractivity contribution is 7.89. The maximum atomic E-state index is 13.8. The summed E-state index contributed by atoms with van der Waals surface area (Å²) in [5, 5.41) is 17.3. The lowest BCUT2D eigenvalue weighted by Crippen LogP contribution is -2.52. The molecule has 3 aromatic rings. The largest absolute Gasteiger partial charge is 0.487 e. The molecule has 6 atom stereocenters. The zero-order chi connectivity index (χ0) is 32.7. The second-order valence-corrected chi connectivity index (χ2v) is 15.2. The Hall–Kier alpha value is -3.47. The molecular weight excluding hydrogens is 650 g/mol. The molecule has 252 valence electrons. The van der Waals surface area contributed by atoms with Gasteiger partial charge in [-0.05, 0) is 55.0 Å². The number of alkyl carbamates (subject to hydrolysis) is 1. The minimum atomic E-state index is -3.99. The molecule has 4 aliphatic heterocycles. The number of aryl methyl sites for hydroxylation is 1. The van der Waals surface area contributed by atoms with E-state index in [1.165, 1.54) is 10.4 Å². The van der Waals surface area contributed by atoms with Gasteiger partial charge in [0.15, 0.2) is 17.8 Å². The number of amides is 1. The molecule has 2 fully saturated rings. The van der Waals surface area contributed by atoms with Gasteiger partial charge in [0.1, 0.15) is 18.5 Å². The van der Waals surface area contributed by atoms with Crippen LogP contribution in [0.3, 0.4) is 0 Å². The molecule has 13 nitrogen and oxygen atoms in total. The van der Waals surface area contributed by atoms with Crippen molar-refractivity contribution in [2.45, 2.75) is 68.6 Å². The molecule has 0 spiro atoms. The lowest BCUT2D eigenvalue weighted by atomic mass is 9.99. The molecular formula is C32H37N3O10S2. The van der Waals surface area contributed by atoms with Crippen molar-refractivity contribution in [1.29, 1.82) is 0 Å². The number of rotatable bonds is 10. The van der Waals surface area contributed by atoms with Gasteiger partial charge in [-0.1, -0.05) is 19.1 Å². The predicted molar refractivity (Wildman–Crippen MR) is 168 cm³/mol. The third-order valence-corrected chi connectivity index (χ3v) is 11.7. The first-order valence-corrected chi connectivity index (χ1v) is 17.9. The van der Waals surface area contributed by atoms with Crippen LogP contribution in [0.25, 0.3) is 0 Å². The molecule has 5 heterocycles. The topological polar surface area (TPSA) is 155 Å². The summed E-state index contributed by atoms with van der Waals surface area (Å²) in [5.41, 5.74) is 2.28. The molecule has 1 aromatic heterocycles. The van der Waals surface area contributed by atoms with Crippen LogP contribution in [0.2, 0.25) is 0 Å². The fourth-order valence-corrected chi connectivity index (χ4v) is 8.92. The molecule has 0 radical (unpaired) electrons. The van der Waals surface area contributed by atoms with E-state index >= 15 is 0 Å². The summed E-state index contributed by atoms with van der Waals surface area (Å²) in [6, 6.07) is 9.63. The van der Waals surface area contributed by atoms with Crippen molar-refractivity contribution in [2.24, 2.45) is 5.92 Å². The minimum Gasteiger partial charge on any atom is -0.487 e. The number of aromatic nitrogens is 1. The average Bonchev–Trinajstić information content (AvgIpc) is 3.85. The van der Waals surface area contributed by atoms with E-state index in [1.54, 1.807) is 17.4 Å². The van der Waals surface area contributed by atoms with Crippen molar-refractivity contribution in [2.75, 3.05) is 33.1 Å². The van der Waals surface area contributed by atoms with Crippen LogP contribution in [-0.2, 0) is 37.3 Å². The van der Waals surface area contributed by atoms with Crippen LogP contribution in [0.4, 0.5) is 4.79 Å². The van der Waals surface area contributed by atoms with Crippen LogP contribution >= 0.6 is 11.3 Å². The monoisotopic (exact) mass is 687 g/mol. The van der Waals surface area contributed by atoms with Gasteiger partial charge in [-0.15, -0.1) is 11.3 Å². The molecule has 4 aliphatic rings. The number of carbonyl (C=O) groups excluding carboxylic acids is 1. The third kappa shape index (κ3) is 6.78. The molecule has 2 N–H and O–H groups in total. The second kappa shape index (κ2) is 13.2. The van der Waals surface area contributed by atoms with Crippen LogP contribution in [0, 0.1) is 12.8 Å². The maximum Gasteiger partial charge on any atom is 0.407 e. The number of hydrogen-bond acceptors (Lipinski definition) is 12. The molecule has 15 heteroatoms. The number of benzene rings is 2. The highest BCUT2D eigenvalue weighted by Gasteiger charge is 2.44. The van der Waals surface area contributed by atoms with Gasteiger partial charge in [0.2, 0.25) is 16.8 Å². The summed E-state index contributed by atoms with van der Waals surface area (Å²) in [6.45, 7) is 4.89. The van der Waals surface area contributed by atoms with E-state index in [0.717, 1.165) is 22.7 Å². The van der Waals surface area contributed by atoms with E-state index in [9.17, 15) is 18.3 Å². The number of hydrogen-bond donors (Lipinski definition) is 2. The summed E-state index contributed by atoms with van der Waals surface area (Å²) in [6.07, 6.45) is -1.93. The standard InChI is InChI=1S/C32H37N3O10S2/c1-18-12-35(47(38,39)30-11-28-27(10-24(18)30)43-17-44-28)13-26(36)25(34-32(37)45-29-15-42-31-23(29)7-8-40-31)9-20-3-5-22(6-4-20)41-14-21-16-46-19(2)33-21/h3-6,10-11,16,18,23,25-26,29,31,36H,7-9,12-15,17H2,1-2H3,(H,34,37). The number of sulfonamides is 1. The minimum absolute atomic E-state index is 0.0263. The first kappa shape index (κ1) is 32.1. The SMILES string of the molecule is Cc1nc(COc2ccc(CC(NC(=O)OC3COC4OCCC34)C(O)CN3CC(C)c4cc5c(cc4S3(=O)=O)OCO5)cc2)cs1. The van der Waals surface area contributed by atoms with Crippen LogP contribution in [0.5, 0.6) is 17.2 Å². The number of nitrogens with one attached hydrogen (secondary N) is 1. The van der Waals surface area contributed by atoms with E-state index in [1.807, 2.05) is 43.5 Å². The number of fused-ring (bicyclic) bond motifs is 3. The van der Waals surface area contributed by atoms with Crippen LogP contribution in [0.15, 0.2) is 46.7 Å². The average molecular weight is 688 g/mol. The number of ether oxygens (including phenoxy) is 6. The van der Waals surface area contributed by atoms with Gasteiger partial charge in [0, 0.05) is 24.5 Å². The van der Waals surface area contributed by atoms with Gasteiger partial charge < -0.3 is 38.8 Å². The molecule has 2 saturated heterocycles. The molecule has 47 heavy (non-hydrogen) atoms. The van der Waals surface area contributed by atoms with Gasteiger partial charge in [0.05, 0.1) is 46.9 Å². The van der Waals surface area contributed by atoms with Crippen LogP contribution in [-0.4, -0.2) is 86.5 Å². The van der Waals surface area contributed by atoms with E-state index in [2.05, 4.69) is 10.3 Å².